The van der Waals surface area contributed by atoms with Crippen molar-refractivity contribution >= 4 is 23.4 Å². The van der Waals surface area contributed by atoms with Crippen LogP contribution in [-0.4, -0.2) is 23.8 Å². The maximum atomic E-state index is 13.3. The molecule has 6 nitrogen and oxygen atoms in total. The van der Waals surface area contributed by atoms with E-state index in [4.69, 9.17) is 0 Å². The van der Waals surface area contributed by atoms with Gasteiger partial charge in [-0.05, 0) is 24.0 Å². The van der Waals surface area contributed by atoms with Crippen LogP contribution in [0.3, 0.4) is 0 Å². The molecule has 2 aromatic rings. The van der Waals surface area contributed by atoms with Crippen LogP contribution in [0.2, 0.25) is 0 Å². The third-order valence-corrected chi connectivity index (χ3v) is 6.36. The minimum atomic E-state index is -1.21. The van der Waals surface area contributed by atoms with E-state index in [1.807, 2.05) is 55.5 Å². The number of benzene rings is 2. The van der Waals surface area contributed by atoms with E-state index in [-0.39, 0.29) is 23.8 Å². The van der Waals surface area contributed by atoms with Gasteiger partial charge in [-0.15, -0.1) is 0 Å². The highest BCUT2D eigenvalue weighted by atomic mass is 16.2. The molecule has 0 unspecified atom stereocenters. The van der Waals surface area contributed by atoms with Gasteiger partial charge in [0.2, 0.25) is 17.7 Å². The molecule has 1 spiro atoms. The van der Waals surface area contributed by atoms with Gasteiger partial charge in [-0.25, -0.2) is 0 Å². The number of carbonyl (C=O) groups excluding carboxylic acids is 3. The number of rotatable bonds is 3. The van der Waals surface area contributed by atoms with Crippen LogP contribution in [0.4, 0.5) is 5.69 Å². The molecular weight excluding hydrogens is 354 g/mol. The Morgan fingerprint density at radius 3 is 2.46 bits per heavy atom. The molecular formula is C22H21N3O3. The van der Waals surface area contributed by atoms with Crippen LogP contribution in [0.1, 0.15) is 23.6 Å². The Labute approximate surface area is 162 Å². The normalized spacial score (nSPS) is 30.3. The summed E-state index contributed by atoms with van der Waals surface area (Å²) in [5, 5.41) is 8.90. The number of hydrogen-bond acceptors (Lipinski definition) is 4. The van der Waals surface area contributed by atoms with Crippen molar-refractivity contribution < 1.29 is 14.4 Å². The Balaban J connectivity index is 1.64. The fourth-order valence-electron chi connectivity index (χ4n) is 5.15. The molecule has 0 aromatic heterocycles. The van der Waals surface area contributed by atoms with Crippen molar-refractivity contribution in [1.82, 2.24) is 10.6 Å². The van der Waals surface area contributed by atoms with Crippen molar-refractivity contribution in [3.8, 4) is 0 Å². The first-order valence-corrected chi connectivity index (χ1v) is 9.66. The molecule has 2 aromatic carbocycles. The van der Waals surface area contributed by atoms with Crippen LogP contribution < -0.4 is 16.0 Å². The molecule has 28 heavy (non-hydrogen) atoms. The average molecular weight is 375 g/mol. The molecule has 6 heteroatoms. The summed E-state index contributed by atoms with van der Waals surface area (Å²) >= 11 is 0. The van der Waals surface area contributed by atoms with Gasteiger partial charge in [-0.2, -0.15) is 0 Å². The van der Waals surface area contributed by atoms with Crippen LogP contribution in [0, 0.1) is 11.8 Å². The summed E-state index contributed by atoms with van der Waals surface area (Å²) < 4.78 is 0. The summed E-state index contributed by atoms with van der Waals surface area (Å²) in [5.41, 5.74) is 2.42. The minimum Gasteiger partial charge on any atom is -0.324 e. The highest BCUT2D eigenvalue weighted by molar-refractivity contribution is 6.15. The highest BCUT2D eigenvalue weighted by Crippen LogP contribution is 2.52. The molecule has 0 aliphatic carbocycles. The maximum Gasteiger partial charge on any atom is 0.250 e. The Morgan fingerprint density at radius 1 is 0.929 bits per heavy atom. The lowest BCUT2D eigenvalue weighted by molar-refractivity contribution is -0.132. The molecule has 2 fully saturated rings. The lowest BCUT2D eigenvalue weighted by Gasteiger charge is -2.28. The number of fused-ring (bicyclic) bond motifs is 4. The highest BCUT2D eigenvalue weighted by Gasteiger charge is 2.68. The Kier molecular flexibility index (Phi) is 3.67. The van der Waals surface area contributed by atoms with Gasteiger partial charge in [0.1, 0.15) is 5.54 Å². The van der Waals surface area contributed by atoms with Crippen LogP contribution in [0.5, 0.6) is 0 Å². The first-order chi connectivity index (χ1) is 13.6. The Hall–Kier alpha value is -2.99. The molecule has 2 saturated heterocycles. The zero-order valence-electron chi connectivity index (χ0n) is 15.5. The lowest BCUT2D eigenvalue weighted by Crippen LogP contribution is -2.53. The molecule has 0 radical (unpaired) electrons. The molecule has 3 aliphatic rings. The monoisotopic (exact) mass is 375 g/mol. The van der Waals surface area contributed by atoms with E-state index < -0.39 is 17.4 Å². The van der Waals surface area contributed by atoms with Gasteiger partial charge in [0.15, 0.2) is 0 Å². The first-order valence-electron chi connectivity index (χ1n) is 9.66. The van der Waals surface area contributed by atoms with E-state index in [1.165, 1.54) is 0 Å². The van der Waals surface area contributed by atoms with Gasteiger partial charge in [0.25, 0.3) is 0 Å². The molecule has 0 bridgehead atoms. The average Bonchev–Trinajstić information content (AvgIpc) is 3.29. The standard InChI is InChI=1S/C22H21N3O3/c1-2-13-9-6-10-14-18(13)23-21(28)22(14)17-16(19(26)24-20(17)27)15(25-22)11-12-7-4-3-5-8-12/h3-10,15-17,25H,2,11H2,1H3,(H,23,28)(H,24,26,27)/t15-,16-,17+,22+/m1/s1. The number of hydrogen-bond donors (Lipinski definition) is 3. The predicted octanol–water partition coefficient (Wildman–Crippen LogP) is 1.50. The van der Waals surface area contributed by atoms with E-state index in [9.17, 15) is 14.4 Å². The van der Waals surface area contributed by atoms with E-state index in [0.717, 1.165) is 28.8 Å². The largest absolute Gasteiger partial charge is 0.324 e. The van der Waals surface area contributed by atoms with E-state index in [0.29, 0.717) is 6.42 Å². The fraction of sp³-hybridized carbons (Fsp3) is 0.318. The zero-order valence-corrected chi connectivity index (χ0v) is 15.5. The Morgan fingerprint density at radius 2 is 1.71 bits per heavy atom. The third-order valence-electron chi connectivity index (χ3n) is 6.36. The van der Waals surface area contributed by atoms with Gasteiger partial charge in [0, 0.05) is 17.3 Å². The number of imide groups is 1. The number of aryl methyl sites for hydroxylation is 1. The molecule has 3 amide bonds. The molecule has 3 heterocycles. The van der Waals surface area contributed by atoms with Crippen LogP contribution in [-0.2, 0) is 32.8 Å². The number of amides is 3. The summed E-state index contributed by atoms with van der Waals surface area (Å²) in [6.45, 7) is 2.03. The summed E-state index contributed by atoms with van der Waals surface area (Å²) in [4.78, 5) is 38.7. The Bertz CT molecular complexity index is 1000. The number of para-hydroxylation sites is 1. The lowest BCUT2D eigenvalue weighted by atomic mass is 9.76. The summed E-state index contributed by atoms with van der Waals surface area (Å²) in [6.07, 6.45) is 1.34. The van der Waals surface area contributed by atoms with Crippen molar-refractivity contribution in [1.29, 1.82) is 0 Å². The van der Waals surface area contributed by atoms with Gasteiger partial charge in [-0.3, -0.25) is 25.0 Å². The smallest absolute Gasteiger partial charge is 0.250 e. The van der Waals surface area contributed by atoms with Gasteiger partial charge in [0.05, 0.1) is 11.8 Å². The maximum absolute atomic E-state index is 13.3. The summed E-state index contributed by atoms with van der Waals surface area (Å²) in [7, 11) is 0. The molecule has 3 N–H and O–H groups in total. The molecule has 5 rings (SSSR count). The zero-order chi connectivity index (χ0) is 19.5. The first kappa shape index (κ1) is 17.1. The molecule has 3 aliphatic heterocycles. The van der Waals surface area contributed by atoms with Crippen molar-refractivity contribution in [2.45, 2.75) is 31.3 Å². The van der Waals surface area contributed by atoms with Gasteiger partial charge < -0.3 is 5.32 Å². The van der Waals surface area contributed by atoms with Crippen molar-refractivity contribution in [2.75, 3.05) is 5.32 Å². The second-order valence-corrected chi connectivity index (χ2v) is 7.75. The van der Waals surface area contributed by atoms with E-state index >= 15 is 0 Å². The SMILES string of the molecule is CCc1cccc2c1NC(=O)[C@]21N[C@H](Cc2ccccc2)[C@H]2C(=O)NC(=O)[C@H]21. The van der Waals surface area contributed by atoms with Gasteiger partial charge in [-0.1, -0.05) is 55.5 Å². The topological polar surface area (TPSA) is 87.3 Å². The predicted molar refractivity (Wildman–Crippen MR) is 103 cm³/mol. The molecule has 142 valence electrons. The minimum absolute atomic E-state index is 0.251. The van der Waals surface area contributed by atoms with Crippen molar-refractivity contribution in [2.24, 2.45) is 11.8 Å². The van der Waals surface area contributed by atoms with Crippen molar-refractivity contribution in [3.05, 3.63) is 65.2 Å². The summed E-state index contributed by atoms with van der Waals surface area (Å²) in [6, 6.07) is 15.3. The molecule has 4 atom stereocenters. The fourth-order valence-corrected chi connectivity index (χ4v) is 5.15. The van der Waals surface area contributed by atoms with Crippen LogP contribution >= 0.6 is 0 Å². The second kappa shape index (κ2) is 6.01. The molecule has 0 saturated carbocycles. The van der Waals surface area contributed by atoms with Gasteiger partial charge >= 0.3 is 0 Å². The number of anilines is 1. The van der Waals surface area contributed by atoms with E-state index in [1.54, 1.807) is 0 Å². The third kappa shape index (κ3) is 2.15. The quantitative estimate of drug-likeness (QED) is 0.710. The van der Waals surface area contributed by atoms with Crippen molar-refractivity contribution in [3.63, 3.8) is 0 Å². The summed E-state index contributed by atoms with van der Waals surface area (Å²) in [5.74, 6) is -2.24. The van der Waals surface area contributed by atoms with Crippen LogP contribution in [0.25, 0.3) is 0 Å². The number of carbonyl (C=O) groups is 3. The van der Waals surface area contributed by atoms with E-state index in [2.05, 4.69) is 16.0 Å². The second-order valence-electron chi connectivity index (χ2n) is 7.75. The number of nitrogens with one attached hydrogen (secondary N) is 3. The van der Waals surface area contributed by atoms with Crippen LogP contribution in [0.15, 0.2) is 48.5 Å².